The highest BCUT2D eigenvalue weighted by Crippen LogP contribution is 2.35. The first-order chi connectivity index (χ1) is 15.4. The summed E-state index contributed by atoms with van der Waals surface area (Å²) in [5.74, 6) is 0.584. The number of pyridine rings is 2. The Morgan fingerprint density at radius 3 is 2.29 bits per heavy atom. The minimum absolute atomic E-state index is 0.449. The Bertz CT molecular complexity index is 1300. The molecule has 0 amide bonds. The van der Waals surface area contributed by atoms with Gasteiger partial charge in [0.25, 0.3) is 0 Å². The van der Waals surface area contributed by atoms with E-state index in [0.29, 0.717) is 12.5 Å². The average molecular weight is 403 g/mol. The molecule has 0 unspecified atom stereocenters. The van der Waals surface area contributed by atoms with Gasteiger partial charge < -0.3 is 10.1 Å². The average Bonchev–Trinajstić information content (AvgIpc) is 2.84. The highest BCUT2D eigenvalue weighted by Gasteiger charge is 2.14. The number of ether oxygens (including phenoxy) is 1. The van der Waals surface area contributed by atoms with Crippen molar-refractivity contribution in [2.45, 2.75) is 6.61 Å². The van der Waals surface area contributed by atoms with Crippen LogP contribution in [0.1, 0.15) is 5.56 Å². The van der Waals surface area contributed by atoms with Crippen LogP contribution in [0.15, 0.2) is 109 Å². The Balaban J connectivity index is 1.57. The summed E-state index contributed by atoms with van der Waals surface area (Å²) >= 11 is 0. The van der Waals surface area contributed by atoms with Gasteiger partial charge in [-0.25, -0.2) is 4.98 Å². The summed E-state index contributed by atoms with van der Waals surface area (Å²) in [6, 6.07) is 32.4. The van der Waals surface area contributed by atoms with Crippen LogP contribution in [0.2, 0.25) is 0 Å². The summed E-state index contributed by atoms with van der Waals surface area (Å²) in [6.07, 6.45) is 3.62. The molecule has 0 atom stereocenters. The normalized spacial score (nSPS) is 10.7. The number of hydrogen-bond acceptors (Lipinski definition) is 4. The molecule has 0 radical (unpaired) electrons. The van der Waals surface area contributed by atoms with Gasteiger partial charge in [-0.3, -0.25) is 4.98 Å². The van der Waals surface area contributed by atoms with Gasteiger partial charge in [0.15, 0.2) is 0 Å². The van der Waals surface area contributed by atoms with Gasteiger partial charge in [0, 0.05) is 28.4 Å². The molecule has 2 heterocycles. The van der Waals surface area contributed by atoms with Gasteiger partial charge >= 0.3 is 0 Å². The molecule has 0 aliphatic rings. The molecule has 3 aromatic carbocycles. The van der Waals surface area contributed by atoms with Crippen molar-refractivity contribution in [2.24, 2.45) is 0 Å². The number of nitrogens with zero attached hydrogens (tertiary/aromatic N) is 2. The van der Waals surface area contributed by atoms with Crippen LogP contribution in [-0.4, -0.2) is 9.97 Å². The Labute approximate surface area is 181 Å². The molecule has 0 aliphatic carbocycles. The van der Waals surface area contributed by atoms with Crippen molar-refractivity contribution >= 4 is 22.3 Å². The summed E-state index contributed by atoms with van der Waals surface area (Å²) in [4.78, 5) is 9.29. The molecule has 0 aliphatic heterocycles. The fourth-order valence-electron chi connectivity index (χ4n) is 3.56. The topological polar surface area (TPSA) is 47.0 Å². The number of para-hydroxylation sites is 2. The number of nitrogens with one attached hydrogen (secondary N) is 1. The monoisotopic (exact) mass is 403 g/mol. The zero-order valence-corrected chi connectivity index (χ0v) is 16.9. The molecule has 0 saturated heterocycles. The molecule has 0 spiro atoms. The molecule has 150 valence electrons. The van der Waals surface area contributed by atoms with E-state index in [2.05, 4.69) is 39.6 Å². The first kappa shape index (κ1) is 18.8. The largest absolute Gasteiger partial charge is 0.472 e. The molecule has 31 heavy (non-hydrogen) atoms. The summed E-state index contributed by atoms with van der Waals surface area (Å²) in [7, 11) is 0. The number of aromatic nitrogens is 2. The molecular weight excluding hydrogens is 382 g/mol. The van der Waals surface area contributed by atoms with Crippen molar-refractivity contribution in [2.75, 3.05) is 5.32 Å². The van der Waals surface area contributed by atoms with Gasteiger partial charge in [0.2, 0.25) is 5.88 Å². The highest BCUT2D eigenvalue weighted by molar-refractivity contribution is 5.95. The summed E-state index contributed by atoms with van der Waals surface area (Å²) in [6.45, 7) is 0.449. The Morgan fingerprint density at radius 1 is 0.677 bits per heavy atom. The van der Waals surface area contributed by atoms with Gasteiger partial charge in [-0.15, -0.1) is 0 Å². The van der Waals surface area contributed by atoms with E-state index in [1.807, 2.05) is 79.0 Å². The van der Waals surface area contributed by atoms with Gasteiger partial charge in [-0.2, -0.15) is 0 Å². The lowest BCUT2D eigenvalue weighted by Gasteiger charge is -2.15. The van der Waals surface area contributed by atoms with E-state index in [9.17, 15) is 0 Å². The first-order valence-corrected chi connectivity index (χ1v) is 10.2. The lowest BCUT2D eigenvalue weighted by atomic mass is 10.0. The molecular formula is C27H21N3O. The van der Waals surface area contributed by atoms with Gasteiger partial charge in [-0.1, -0.05) is 72.8 Å². The predicted octanol–water partition coefficient (Wildman–Crippen LogP) is 6.62. The number of benzene rings is 3. The standard InChI is InChI=1S/C27H21N3O/c1-3-9-20(10-4-1)19-31-27-25(24-15-7-11-21-12-8-16-28-26(21)24)17-23(18-29-27)30-22-13-5-2-6-14-22/h1-18,30H,19H2. The molecule has 2 aromatic heterocycles. The third kappa shape index (κ3) is 4.23. The molecule has 5 aromatic rings. The van der Waals surface area contributed by atoms with Crippen LogP contribution in [0, 0.1) is 0 Å². The minimum Gasteiger partial charge on any atom is -0.472 e. The maximum absolute atomic E-state index is 6.17. The van der Waals surface area contributed by atoms with Crippen molar-refractivity contribution in [3.8, 4) is 17.0 Å². The second-order valence-electron chi connectivity index (χ2n) is 7.22. The van der Waals surface area contributed by atoms with Crippen LogP contribution >= 0.6 is 0 Å². The molecule has 0 saturated carbocycles. The van der Waals surface area contributed by atoms with Crippen LogP contribution in [0.4, 0.5) is 11.4 Å². The van der Waals surface area contributed by atoms with E-state index >= 15 is 0 Å². The maximum atomic E-state index is 6.17. The lowest BCUT2D eigenvalue weighted by molar-refractivity contribution is 0.295. The van der Waals surface area contributed by atoms with Crippen molar-refractivity contribution in [3.63, 3.8) is 0 Å². The van der Waals surface area contributed by atoms with E-state index in [1.54, 1.807) is 6.20 Å². The van der Waals surface area contributed by atoms with Crippen molar-refractivity contribution in [1.29, 1.82) is 0 Å². The van der Waals surface area contributed by atoms with Crippen LogP contribution in [0.5, 0.6) is 5.88 Å². The zero-order valence-electron chi connectivity index (χ0n) is 16.9. The molecule has 1 N–H and O–H groups in total. The van der Waals surface area contributed by atoms with Crippen LogP contribution in [0.3, 0.4) is 0 Å². The number of fused-ring (bicyclic) bond motifs is 1. The van der Waals surface area contributed by atoms with Crippen LogP contribution in [0.25, 0.3) is 22.0 Å². The van der Waals surface area contributed by atoms with Gasteiger partial charge in [0.05, 0.1) is 17.4 Å². The summed E-state index contributed by atoms with van der Waals surface area (Å²) in [5, 5.41) is 4.50. The SMILES string of the molecule is c1ccc(COc2ncc(Nc3ccccc3)cc2-c2cccc3cccnc23)cc1. The van der Waals surface area contributed by atoms with Crippen molar-refractivity contribution in [3.05, 3.63) is 115 Å². The second kappa shape index (κ2) is 8.67. The smallest absolute Gasteiger partial charge is 0.221 e. The third-order valence-electron chi connectivity index (χ3n) is 5.05. The minimum atomic E-state index is 0.449. The van der Waals surface area contributed by atoms with E-state index < -0.39 is 0 Å². The fraction of sp³-hybridized carbons (Fsp3) is 0.0370. The van der Waals surface area contributed by atoms with Gasteiger partial charge in [0.1, 0.15) is 6.61 Å². The Morgan fingerprint density at radius 2 is 1.45 bits per heavy atom. The van der Waals surface area contributed by atoms with E-state index in [1.165, 1.54) is 0 Å². The van der Waals surface area contributed by atoms with E-state index in [4.69, 9.17) is 4.74 Å². The van der Waals surface area contributed by atoms with Crippen LogP contribution in [-0.2, 0) is 6.61 Å². The predicted molar refractivity (Wildman–Crippen MR) is 125 cm³/mol. The molecule has 0 bridgehead atoms. The maximum Gasteiger partial charge on any atom is 0.221 e. The second-order valence-corrected chi connectivity index (χ2v) is 7.22. The summed E-state index contributed by atoms with van der Waals surface area (Å²) in [5.41, 5.74) is 5.81. The first-order valence-electron chi connectivity index (χ1n) is 10.2. The van der Waals surface area contributed by atoms with Gasteiger partial charge in [-0.05, 0) is 29.8 Å². The molecule has 5 rings (SSSR count). The third-order valence-corrected chi connectivity index (χ3v) is 5.05. The molecule has 0 fully saturated rings. The zero-order chi connectivity index (χ0) is 20.9. The van der Waals surface area contributed by atoms with Crippen LogP contribution < -0.4 is 10.1 Å². The Hall–Kier alpha value is -4.18. The number of rotatable bonds is 6. The van der Waals surface area contributed by atoms with Crippen molar-refractivity contribution < 1.29 is 4.74 Å². The Kier molecular flexibility index (Phi) is 5.27. The number of hydrogen-bond donors (Lipinski definition) is 1. The molecule has 4 heteroatoms. The van der Waals surface area contributed by atoms with Crippen molar-refractivity contribution in [1.82, 2.24) is 9.97 Å². The fourth-order valence-corrected chi connectivity index (χ4v) is 3.56. The summed E-state index contributed by atoms with van der Waals surface area (Å²) < 4.78 is 6.17. The highest BCUT2D eigenvalue weighted by atomic mass is 16.5. The quantitative estimate of drug-likeness (QED) is 0.346. The molecule has 4 nitrogen and oxygen atoms in total. The van der Waals surface area contributed by atoms with E-state index in [0.717, 1.165) is 39.0 Å². The van der Waals surface area contributed by atoms with E-state index in [-0.39, 0.29) is 0 Å². The number of anilines is 2. The lowest BCUT2D eigenvalue weighted by Crippen LogP contribution is -2.01.